The van der Waals surface area contributed by atoms with Crippen LogP contribution in [0.1, 0.15) is 48.3 Å². The lowest BCUT2D eigenvalue weighted by atomic mass is 9.72. The zero-order chi connectivity index (χ0) is 27.2. The maximum Gasteiger partial charge on any atom is 0.276 e. The number of aromatic nitrogens is 4. The standard InChI is InChI=1S/C28H26ClF2N5O2/c1-15-13-33-22(21-6-7-32-26(35-21)18-11-28(3,38)12-18)10-24(15)36-16(2)8-23(25(29)27(36)37)34-14-17-4-5-19(30)9-20(17)31/h4-10,13,18,34,38H,11-12,14H2,1-3H3. The maximum absolute atomic E-state index is 14.0. The molecule has 1 saturated carbocycles. The molecule has 3 aromatic heterocycles. The normalized spacial score (nSPS) is 18.8. The number of aryl methyl sites for hydroxylation is 2. The first-order chi connectivity index (χ1) is 18.0. The van der Waals surface area contributed by atoms with Crippen molar-refractivity contribution in [3.05, 3.63) is 98.4 Å². The van der Waals surface area contributed by atoms with E-state index in [9.17, 15) is 18.7 Å². The van der Waals surface area contributed by atoms with Crippen LogP contribution >= 0.6 is 11.6 Å². The minimum absolute atomic E-state index is 0.0274. The Kier molecular flexibility index (Phi) is 6.75. The molecule has 0 bridgehead atoms. The summed E-state index contributed by atoms with van der Waals surface area (Å²) >= 11 is 6.46. The van der Waals surface area contributed by atoms with Gasteiger partial charge in [0.2, 0.25) is 0 Å². The van der Waals surface area contributed by atoms with Gasteiger partial charge < -0.3 is 10.4 Å². The van der Waals surface area contributed by atoms with Crippen molar-refractivity contribution >= 4 is 17.3 Å². The number of anilines is 1. The smallest absolute Gasteiger partial charge is 0.276 e. The number of rotatable bonds is 6. The van der Waals surface area contributed by atoms with Gasteiger partial charge in [-0.05, 0) is 63.4 Å². The minimum Gasteiger partial charge on any atom is -0.390 e. The predicted molar refractivity (Wildman–Crippen MR) is 142 cm³/mol. The van der Waals surface area contributed by atoms with Crippen LogP contribution in [0.4, 0.5) is 14.5 Å². The lowest BCUT2D eigenvalue weighted by molar-refractivity contribution is -0.0334. The molecule has 0 amide bonds. The highest BCUT2D eigenvalue weighted by Gasteiger charge is 2.40. The average Bonchev–Trinajstić information content (AvgIpc) is 2.86. The number of nitrogens with zero attached hydrogens (tertiary/aromatic N) is 4. The van der Waals surface area contributed by atoms with E-state index in [2.05, 4.69) is 20.3 Å². The van der Waals surface area contributed by atoms with E-state index in [-0.39, 0.29) is 23.0 Å². The van der Waals surface area contributed by atoms with Gasteiger partial charge in [-0.15, -0.1) is 0 Å². The third-order valence-electron chi connectivity index (χ3n) is 6.81. The highest BCUT2D eigenvalue weighted by Crippen LogP contribution is 2.43. The molecule has 10 heteroatoms. The van der Waals surface area contributed by atoms with Crippen molar-refractivity contribution in [3.63, 3.8) is 0 Å². The quantitative estimate of drug-likeness (QED) is 0.338. The van der Waals surface area contributed by atoms with E-state index in [1.54, 1.807) is 44.4 Å². The highest BCUT2D eigenvalue weighted by molar-refractivity contribution is 6.33. The van der Waals surface area contributed by atoms with Crippen LogP contribution in [-0.2, 0) is 6.54 Å². The van der Waals surface area contributed by atoms with E-state index >= 15 is 0 Å². The molecule has 0 aliphatic heterocycles. The lowest BCUT2D eigenvalue weighted by Crippen LogP contribution is -2.39. The Hall–Kier alpha value is -3.69. The number of pyridine rings is 2. The Bertz CT molecular complexity index is 1600. The van der Waals surface area contributed by atoms with Crippen LogP contribution in [0.25, 0.3) is 17.1 Å². The predicted octanol–water partition coefficient (Wildman–Crippen LogP) is 5.48. The van der Waals surface area contributed by atoms with Crippen LogP contribution in [0.2, 0.25) is 5.02 Å². The molecule has 1 fully saturated rings. The fourth-order valence-electron chi connectivity index (χ4n) is 4.79. The maximum atomic E-state index is 14.0. The summed E-state index contributed by atoms with van der Waals surface area (Å²) in [4.78, 5) is 27.0. The van der Waals surface area contributed by atoms with Gasteiger partial charge in [0.15, 0.2) is 0 Å². The van der Waals surface area contributed by atoms with Crippen LogP contribution in [0, 0.1) is 25.5 Å². The number of aliphatic hydroxyl groups is 1. The molecule has 1 aromatic carbocycles. The fourth-order valence-corrected chi connectivity index (χ4v) is 4.99. The summed E-state index contributed by atoms with van der Waals surface area (Å²) in [6, 6.07) is 8.56. The molecule has 0 atom stereocenters. The van der Waals surface area contributed by atoms with Crippen LogP contribution in [0.5, 0.6) is 0 Å². The second kappa shape index (κ2) is 9.89. The molecule has 0 unspecified atom stereocenters. The van der Waals surface area contributed by atoms with E-state index in [0.717, 1.165) is 11.6 Å². The Morgan fingerprint density at radius 3 is 2.61 bits per heavy atom. The van der Waals surface area contributed by atoms with E-state index in [0.29, 0.717) is 47.1 Å². The van der Waals surface area contributed by atoms with Gasteiger partial charge in [0.1, 0.15) is 22.5 Å². The van der Waals surface area contributed by atoms with Gasteiger partial charge in [0, 0.05) is 42.2 Å². The van der Waals surface area contributed by atoms with Gasteiger partial charge in [-0.1, -0.05) is 17.7 Å². The van der Waals surface area contributed by atoms with Gasteiger partial charge in [0.05, 0.1) is 28.4 Å². The van der Waals surface area contributed by atoms with Crippen molar-refractivity contribution in [1.29, 1.82) is 0 Å². The van der Waals surface area contributed by atoms with E-state index in [1.165, 1.54) is 16.7 Å². The van der Waals surface area contributed by atoms with Crippen molar-refractivity contribution < 1.29 is 13.9 Å². The third-order valence-corrected chi connectivity index (χ3v) is 7.17. The summed E-state index contributed by atoms with van der Waals surface area (Å²) in [5.74, 6) is -0.609. The number of hydrogen-bond donors (Lipinski definition) is 2. The zero-order valence-corrected chi connectivity index (χ0v) is 21.9. The van der Waals surface area contributed by atoms with E-state index < -0.39 is 22.8 Å². The molecular formula is C28H26ClF2N5O2. The average molecular weight is 538 g/mol. The Morgan fingerprint density at radius 2 is 1.89 bits per heavy atom. The first-order valence-electron chi connectivity index (χ1n) is 12.1. The van der Waals surface area contributed by atoms with Crippen molar-refractivity contribution in [2.75, 3.05) is 5.32 Å². The van der Waals surface area contributed by atoms with E-state index in [1.807, 2.05) is 6.92 Å². The molecular weight excluding hydrogens is 512 g/mol. The number of benzene rings is 1. The molecule has 7 nitrogen and oxygen atoms in total. The highest BCUT2D eigenvalue weighted by atomic mass is 35.5. The van der Waals surface area contributed by atoms with Crippen LogP contribution in [0.15, 0.2) is 53.6 Å². The molecule has 196 valence electrons. The van der Waals surface area contributed by atoms with Crippen LogP contribution in [0.3, 0.4) is 0 Å². The van der Waals surface area contributed by atoms with Gasteiger partial charge in [-0.25, -0.2) is 18.7 Å². The van der Waals surface area contributed by atoms with E-state index in [4.69, 9.17) is 11.6 Å². The molecule has 1 aliphatic rings. The second-order valence-corrected chi connectivity index (χ2v) is 10.4. The number of hydrogen-bond acceptors (Lipinski definition) is 6. The molecule has 5 rings (SSSR count). The summed E-state index contributed by atoms with van der Waals surface area (Å²) in [7, 11) is 0. The fraction of sp³-hybridized carbons (Fsp3) is 0.286. The lowest BCUT2D eigenvalue weighted by Gasteiger charge is -2.39. The number of nitrogens with one attached hydrogen (secondary N) is 1. The first kappa shape index (κ1) is 25.9. The van der Waals surface area contributed by atoms with Crippen LogP contribution in [-0.4, -0.2) is 30.2 Å². The van der Waals surface area contributed by atoms with Crippen molar-refractivity contribution in [2.24, 2.45) is 0 Å². The number of halogens is 3. The van der Waals surface area contributed by atoms with Gasteiger partial charge in [-0.2, -0.15) is 0 Å². The molecule has 38 heavy (non-hydrogen) atoms. The summed E-state index contributed by atoms with van der Waals surface area (Å²) < 4.78 is 28.8. The molecule has 0 saturated heterocycles. The monoisotopic (exact) mass is 537 g/mol. The molecule has 2 N–H and O–H groups in total. The Labute approximate surface area is 223 Å². The SMILES string of the molecule is Cc1cnc(-c2ccnc(C3CC(C)(O)C3)n2)cc1-n1c(C)cc(NCc2ccc(F)cc2F)c(Cl)c1=O. The van der Waals surface area contributed by atoms with Gasteiger partial charge in [0.25, 0.3) is 5.56 Å². The van der Waals surface area contributed by atoms with Crippen molar-refractivity contribution in [3.8, 4) is 17.1 Å². The topological polar surface area (TPSA) is 92.9 Å². The summed E-state index contributed by atoms with van der Waals surface area (Å²) in [5, 5.41) is 13.0. The van der Waals surface area contributed by atoms with Gasteiger partial charge in [-0.3, -0.25) is 14.3 Å². The summed E-state index contributed by atoms with van der Waals surface area (Å²) in [6.45, 7) is 5.44. The minimum atomic E-state index is -0.689. The Balaban J connectivity index is 1.46. The van der Waals surface area contributed by atoms with Crippen molar-refractivity contribution in [1.82, 2.24) is 19.5 Å². The third kappa shape index (κ3) is 5.04. The Morgan fingerprint density at radius 1 is 1.13 bits per heavy atom. The van der Waals surface area contributed by atoms with Crippen molar-refractivity contribution in [2.45, 2.75) is 51.7 Å². The summed E-state index contributed by atoms with van der Waals surface area (Å²) in [6.07, 6.45) is 4.54. The summed E-state index contributed by atoms with van der Waals surface area (Å²) in [5.41, 5.74) is 2.58. The molecule has 3 heterocycles. The molecule has 0 spiro atoms. The largest absolute Gasteiger partial charge is 0.390 e. The molecule has 0 radical (unpaired) electrons. The van der Waals surface area contributed by atoms with Gasteiger partial charge >= 0.3 is 0 Å². The first-order valence-corrected chi connectivity index (χ1v) is 12.5. The second-order valence-electron chi connectivity index (χ2n) is 10.0. The zero-order valence-electron chi connectivity index (χ0n) is 21.1. The van der Waals surface area contributed by atoms with Crippen LogP contribution < -0.4 is 10.9 Å². The molecule has 4 aromatic rings. The molecule has 1 aliphatic carbocycles.